The number of hydrogen-bond acceptors (Lipinski definition) is 7. The van der Waals surface area contributed by atoms with Crippen molar-refractivity contribution in [1.82, 2.24) is 19.9 Å². The SMILES string of the molecule is CC.CC(C)(C)OC(=O)N1CCC2(CC2C(N)=O)C1.FC(F)c1ncc(C#Cc2ccc(C3CCOCC3)cn2)c2cc(Cl)ncc12. The fourth-order valence-corrected chi connectivity index (χ4v) is 6.02. The van der Waals surface area contributed by atoms with Crippen LogP contribution in [0.25, 0.3) is 10.8 Å². The van der Waals surface area contributed by atoms with E-state index in [1.807, 2.05) is 52.9 Å². The lowest BCUT2D eigenvalue weighted by atomic mass is 9.93. The predicted octanol–water partition coefficient (Wildman–Crippen LogP) is 7.05. The van der Waals surface area contributed by atoms with E-state index in [2.05, 4.69) is 26.8 Å². The molecule has 3 fully saturated rings. The second-order valence-electron chi connectivity index (χ2n) is 12.7. The Hall–Kier alpha value is -3.88. The van der Waals surface area contributed by atoms with Gasteiger partial charge in [-0.25, -0.2) is 23.5 Å². The van der Waals surface area contributed by atoms with Crippen molar-refractivity contribution in [2.24, 2.45) is 17.1 Å². The lowest BCUT2D eigenvalue weighted by Crippen LogP contribution is -2.35. The Morgan fingerprint density at radius 3 is 2.40 bits per heavy atom. The van der Waals surface area contributed by atoms with Crippen molar-refractivity contribution in [3.63, 3.8) is 0 Å². The van der Waals surface area contributed by atoms with E-state index in [4.69, 9.17) is 26.8 Å². The van der Waals surface area contributed by atoms with Gasteiger partial charge in [0.1, 0.15) is 22.1 Å². The van der Waals surface area contributed by atoms with Crippen molar-refractivity contribution < 1.29 is 27.8 Å². The molecule has 47 heavy (non-hydrogen) atoms. The summed E-state index contributed by atoms with van der Waals surface area (Å²) >= 11 is 5.94. The molecule has 1 spiro atoms. The Balaban J connectivity index is 0.000000225. The van der Waals surface area contributed by atoms with Crippen LogP contribution in [-0.2, 0) is 14.3 Å². The maximum absolute atomic E-state index is 13.2. The maximum Gasteiger partial charge on any atom is 0.410 e. The van der Waals surface area contributed by atoms with E-state index in [1.54, 1.807) is 4.90 Å². The molecule has 0 aromatic carbocycles. The van der Waals surface area contributed by atoms with Crippen LogP contribution < -0.4 is 5.73 Å². The summed E-state index contributed by atoms with van der Waals surface area (Å²) in [6, 6.07) is 5.43. The molecule has 2 aliphatic heterocycles. The van der Waals surface area contributed by atoms with E-state index in [0.29, 0.717) is 35.7 Å². The summed E-state index contributed by atoms with van der Waals surface area (Å²) in [5.74, 6) is 6.12. The summed E-state index contributed by atoms with van der Waals surface area (Å²) in [4.78, 5) is 36.8. The van der Waals surface area contributed by atoms with Gasteiger partial charge in [0, 0.05) is 67.0 Å². The van der Waals surface area contributed by atoms with Crippen LogP contribution in [0.4, 0.5) is 13.6 Å². The molecular formula is C35H42ClF2N5O4. The quantitative estimate of drug-likeness (QED) is 0.234. The van der Waals surface area contributed by atoms with Crippen LogP contribution in [0.3, 0.4) is 0 Å². The van der Waals surface area contributed by atoms with Crippen molar-refractivity contribution in [2.75, 3.05) is 26.3 Å². The lowest BCUT2D eigenvalue weighted by Gasteiger charge is -2.24. The van der Waals surface area contributed by atoms with Crippen molar-refractivity contribution in [1.29, 1.82) is 0 Å². The molecule has 5 heterocycles. The zero-order valence-electron chi connectivity index (χ0n) is 27.5. The van der Waals surface area contributed by atoms with Crippen molar-refractivity contribution in [2.45, 2.75) is 78.2 Å². The Kier molecular flexibility index (Phi) is 11.7. The highest BCUT2D eigenvalue weighted by Gasteiger charge is 2.61. The van der Waals surface area contributed by atoms with Gasteiger partial charge in [-0.05, 0) is 76.0 Å². The molecule has 252 valence electrons. The number of likely N-dealkylation sites (tertiary alicyclic amines) is 1. The average molecular weight is 670 g/mol. The number of hydrogen-bond donors (Lipinski definition) is 1. The minimum atomic E-state index is -2.70. The summed E-state index contributed by atoms with van der Waals surface area (Å²) in [6.45, 7) is 12.4. The molecule has 2 atom stereocenters. The van der Waals surface area contributed by atoms with Gasteiger partial charge >= 0.3 is 6.09 Å². The second-order valence-corrected chi connectivity index (χ2v) is 13.1. The minimum Gasteiger partial charge on any atom is -0.444 e. The third-order valence-corrected chi connectivity index (χ3v) is 8.56. The van der Waals surface area contributed by atoms with Crippen LogP contribution in [0.1, 0.15) is 95.2 Å². The number of primary amides is 1. The predicted molar refractivity (Wildman–Crippen MR) is 176 cm³/mol. The summed E-state index contributed by atoms with van der Waals surface area (Å²) < 4.78 is 37.1. The fourth-order valence-electron chi connectivity index (χ4n) is 5.87. The summed E-state index contributed by atoms with van der Waals surface area (Å²) in [5, 5.41) is 0.951. The number of carbonyl (C=O) groups excluding carboxylic acids is 2. The number of rotatable bonds is 3. The van der Waals surface area contributed by atoms with Crippen LogP contribution in [0.2, 0.25) is 5.15 Å². The molecule has 6 rings (SSSR count). The van der Waals surface area contributed by atoms with E-state index in [-0.39, 0.29) is 39.6 Å². The molecule has 3 aliphatic rings. The topological polar surface area (TPSA) is 121 Å². The van der Waals surface area contributed by atoms with E-state index < -0.39 is 12.0 Å². The average Bonchev–Trinajstić information content (AvgIpc) is 3.60. The molecule has 0 bridgehead atoms. The third kappa shape index (κ3) is 9.14. The van der Waals surface area contributed by atoms with Crippen LogP contribution in [0.15, 0.2) is 36.8 Å². The van der Waals surface area contributed by atoms with Gasteiger partial charge < -0.3 is 20.1 Å². The van der Waals surface area contributed by atoms with E-state index in [0.717, 1.165) is 38.9 Å². The highest BCUT2D eigenvalue weighted by atomic mass is 35.5. The van der Waals surface area contributed by atoms with Gasteiger partial charge in [-0.3, -0.25) is 9.78 Å². The van der Waals surface area contributed by atoms with E-state index in [9.17, 15) is 18.4 Å². The molecule has 1 saturated carbocycles. The molecule has 9 nitrogen and oxygen atoms in total. The van der Waals surface area contributed by atoms with Gasteiger partial charge in [-0.1, -0.05) is 37.4 Å². The number of nitrogens with two attached hydrogens (primary N) is 1. The standard InChI is InChI=1S/C21H16ClF2N3O.C12H20N2O3.C2H6/c22-19-9-17-15(11-27-20(21(23)24)18(17)12-26-19)2-4-16-3-1-14(10-25-16)13-5-7-28-8-6-13;1-11(2,3)17-10(16)14-5-4-12(7-14)6-8(12)9(13)15;1-2/h1,3,9-13,21H,5-8H2;8H,4-7H2,1-3H3,(H2,13,15);1-2H3. The van der Waals surface area contributed by atoms with Gasteiger partial charge in [0.05, 0.1) is 5.56 Å². The number of alkyl halides is 2. The van der Waals surface area contributed by atoms with Crippen molar-refractivity contribution in [3.05, 3.63) is 64.5 Å². The zero-order chi connectivity index (χ0) is 34.4. The third-order valence-electron chi connectivity index (χ3n) is 8.35. The number of aromatic nitrogens is 3. The molecule has 2 N–H and O–H groups in total. The van der Waals surface area contributed by atoms with E-state index >= 15 is 0 Å². The van der Waals surface area contributed by atoms with Gasteiger partial charge in [0.25, 0.3) is 6.43 Å². The van der Waals surface area contributed by atoms with Gasteiger partial charge in [-0.15, -0.1) is 0 Å². The largest absolute Gasteiger partial charge is 0.444 e. The number of nitrogens with zero attached hydrogens (tertiary/aromatic N) is 4. The lowest BCUT2D eigenvalue weighted by molar-refractivity contribution is -0.119. The van der Waals surface area contributed by atoms with Gasteiger partial charge in [-0.2, -0.15) is 0 Å². The molecular weight excluding hydrogens is 628 g/mol. The molecule has 3 aromatic heterocycles. The molecule has 0 radical (unpaired) electrons. The van der Waals surface area contributed by atoms with Crippen LogP contribution >= 0.6 is 11.6 Å². The summed E-state index contributed by atoms with van der Waals surface area (Å²) in [7, 11) is 0. The summed E-state index contributed by atoms with van der Waals surface area (Å²) in [6.07, 6.45) is 5.17. The van der Waals surface area contributed by atoms with Gasteiger partial charge in [0.15, 0.2) is 0 Å². The molecule has 2 unspecified atom stereocenters. The Labute approximate surface area is 279 Å². The molecule has 2 saturated heterocycles. The second kappa shape index (κ2) is 15.3. The Bertz CT molecular complexity index is 1630. The molecule has 2 amide bonds. The highest BCUT2D eigenvalue weighted by Crippen LogP contribution is 2.58. The first-order valence-electron chi connectivity index (χ1n) is 15.9. The molecule has 1 aliphatic carbocycles. The zero-order valence-corrected chi connectivity index (χ0v) is 28.2. The van der Waals surface area contributed by atoms with Crippen molar-refractivity contribution >= 4 is 34.4 Å². The monoisotopic (exact) mass is 669 g/mol. The normalized spacial score (nSPS) is 20.4. The number of halogens is 3. The first-order chi connectivity index (χ1) is 22.3. The number of ether oxygens (including phenoxy) is 2. The molecule has 12 heteroatoms. The number of carbonyl (C=O) groups is 2. The summed E-state index contributed by atoms with van der Waals surface area (Å²) in [5.41, 5.74) is 6.74. The van der Waals surface area contributed by atoms with E-state index in [1.165, 1.54) is 24.0 Å². The maximum atomic E-state index is 13.2. The van der Waals surface area contributed by atoms with Gasteiger partial charge in [0.2, 0.25) is 5.91 Å². The number of amides is 2. The number of pyridine rings is 3. The molecule has 3 aromatic rings. The Morgan fingerprint density at radius 1 is 1.09 bits per heavy atom. The first-order valence-corrected chi connectivity index (χ1v) is 16.3. The highest BCUT2D eigenvalue weighted by molar-refractivity contribution is 6.30. The number of fused-ring (bicyclic) bond motifs is 1. The Morgan fingerprint density at radius 2 is 1.81 bits per heavy atom. The van der Waals surface area contributed by atoms with Crippen LogP contribution in [0.5, 0.6) is 0 Å². The fraction of sp³-hybridized carbons (Fsp3) is 0.514. The minimum absolute atomic E-state index is 0.0390. The van der Waals surface area contributed by atoms with Crippen LogP contribution in [-0.4, -0.2) is 63.8 Å². The smallest absolute Gasteiger partial charge is 0.410 e. The van der Waals surface area contributed by atoms with Crippen LogP contribution in [0, 0.1) is 23.2 Å². The van der Waals surface area contributed by atoms with Crippen molar-refractivity contribution in [3.8, 4) is 11.8 Å². The first kappa shape index (κ1) is 36.0.